The molecule has 0 radical (unpaired) electrons. The maximum atomic E-state index is 12.8. The number of hydrogen-bond donors (Lipinski definition) is 6. The van der Waals surface area contributed by atoms with Gasteiger partial charge < -0.3 is 50.4 Å². The number of anilines is 9. The minimum Gasteiger partial charge on any atom is -0.493 e. The van der Waals surface area contributed by atoms with Gasteiger partial charge in [0.1, 0.15) is 33.4 Å². The van der Waals surface area contributed by atoms with Crippen molar-refractivity contribution in [1.29, 1.82) is 0 Å². The van der Waals surface area contributed by atoms with Crippen LogP contribution < -0.4 is 52.1 Å². The summed E-state index contributed by atoms with van der Waals surface area (Å²) in [5.41, 5.74) is 10.4. The third-order valence-corrected chi connectivity index (χ3v) is 11.8. The van der Waals surface area contributed by atoms with Crippen LogP contribution in [0.15, 0.2) is 94.8 Å². The van der Waals surface area contributed by atoms with E-state index in [0.717, 1.165) is 50.8 Å². The molecule has 69 heavy (non-hydrogen) atoms. The minimum atomic E-state index is -0.206. The summed E-state index contributed by atoms with van der Waals surface area (Å²) in [5, 5.41) is 17.5. The molecule has 2 aliphatic heterocycles. The van der Waals surface area contributed by atoms with E-state index in [4.69, 9.17) is 59.5 Å². The van der Waals surface area contributed by atoms with Gasteiger partial charge in [-0.05, 0) is 54.6 Å². The number of benzene rings is 2. The number of H-pyrrole nitrogens is 2. The number of halogens is 3. The van der Waals surface area contributed by atoms with Crippen LogP contribution in [0.3, 0.4) is 0 Å². The van der Waals surface area contributed by atoms with Gasteiger partial charge in [0.2, 0.25) is 0 Å². The molecule has 7 N–H and O–H groups in total. The fraction of sp³-hybridized carbons (Fsp3) is 0.261. The first-order chi connectivity index (χ1) is 33.4. The predicted octanol–water partition coefficient (Wildman–Crippen LogP) is 7.46. The third-order valence-electron chi connectivity index (χ3n) is 11.0. The summed E-state index contributed by atoms with van der Waals surface area (Å²) in [7, 11) is 6.33. The lowest BCUT2D eigenvalue weighted by Crippen LogP contribution is -2.36. The van der Waals surface area contributed by atoms with Crippen LogP contribution in [-0.2, 0) is 23.6 Å². The van der Waals surface area contributed by atoms with E-state index < -0.39 is 0 Å². The first kappa shape index (κ1) is 48.2. The molecule has 2 aliphatic rings. The molecule has 23 heteroatoms. The van der Waals surface area contributed by atoms with Gasteiger partial charge in [-0.15, -0.1) is 0 Å². The molecule has 0 aliphatic carbocycles. The average Bonchev–Trinajstić information content (AvgIpc) is 3.81. The molecule has 8 heterocycles. The van der Waals surface area contributed by atoms with E-state index in [1.807, 2.05) is 36.5 Å². The number of nitrogens with zero attached hydrogens (tertiary/aromatic N) is 8. The summed E-state index contributed by atoms with van der Waals surface area (Å²) in [6.45, 7) is 6.58. The Morgan fingerprint density at radius 2 is 1.10 bits per heavy atom. The van der Waals surface area contributed by atoms with Crippen molar-refractivity contribution in [3.63, 3.8) is 0 Å². The Morgan fingerprint density at radius 1 is 0.609 bits per heavy atom. The summed E-state index contributed by atoms with van der Waals surface area (Å²) >= 11 is 18.4. The highest BCUT2D eigenvalue weighted by Gasteiger charge is 2.19. The first-order valence-corrected chi connectivity index (χ1v) is 22.7. The van der Waals surface area contributed by atoms with Crippen LogP contribution in [0.1, 0.15) is 0 Å². The summed E-state index contributed by atoms with van der Waals surface area (Å²) in [6.07, 6.45) is 3.63. The minimum absolute atomic E-state index is 0.203. The molecule has 0 amide bonds. The van der Waals surface area contributed by atoms with Gasteiger partial charge >= 0.3 is 0 Å². The Bertz CT molecular complexity index is 3170. The number of nitrogen functional groups attached to an aromatic ring is 1. The van der Waals surface area contributed by atoms with Gasteiger partial charge in [0.25, 0.3) is 11.1 Å². The second-order valence-electron chi connectivity index (χ2n) is 15.5. The highest BCUT2D eigenvalue weighted by atomic mass is 35.5. The molecule has 2 fully saturated rings. The Morgan fingerprint density at radius 3 is 1.58 bits per heavy atom. The van der Waals surface area contributed by atoms with Crippen molar-refractivity contribution in [2.75, 3.05) is 98.3 Å². The lowest BCUT2D eigenvalue weighted by atomic mass is 10.2. The van der Waals surface area contributed by atoms with Crippen molar-refractivity contribution in [1.82, 2.24) is 39.5 Å². The van der Waals surface area contributed by atoms with Gasteiger partial charge in [0.15, 0.2) is 22.8 Å². The number of aryl methyl sites for hydroxylation is 2. The Labute approximate surface area is 410 Å². The third kappa shape index (κ3) is 11.2. The average molecular weight is 1000 g/mol. The second kappa shape index (κ2) is 21.8. The van der Waals surface area contributed by atoms with Gasteiger partial charge in [0, 0.05) is 46.3 Å². The summed E-state index contributed by atoms with van der Waals surface area (Å²) in [6, 6.07) is 21.7. The van der Waals surface area contributed by atoms with E-state index in [9.17, 15) is 9.59 Å². The van der Waals surface area contributed by atoms with Crippen molar-refractivity contribution in [2.45, 2.75) is 0 Å². The summed E-state index contributed by atoms with van der Waals surface area (Å²) in [5.74, 6) is 2.68. The largest absolute Gasteiger partial charge is 0.493 e. The first-order valence-electron chi connectivity index (χ1n) is 21.5. The van der Waals surface area contributed by atoms with E-state index in [2.05, 4.69) is 55.9 Å². The fourth-order valence-corrected chi connectivity index (χ4v) is 8.29. The topological polar surface area (TPSA) is 233 Å². The smallest absolute Gasteiger partial charge is 0.277 e. The molecular weight excluding hydrogens is 951 g/mol. The number of nitrogens with one attached hydrogen (secondary N) is 5. The van der Waals surface area contributed by atoms with E-state index in [1.54, 1.807) is 69.9 Å². The number of pyridine rings is 4. The lowest BCUT2D eigenvalue weighted by Gasteiger charge is -2.28. The molecule has 0 unspecified atom stereocenters. The zero-order valence-corrected chi connectivity index (χ0v) is 40.2. The Balaban J connectivity index is 0.000000156. The molecule has 2 aromatic carbocycles. The zero-order valence-electron chi connectivity index (χ0n) is 38.0. The predicted molar refractivity (Wildman–Crippen MR) is 272 cm³/mol. The van der Waals surface area contributed by atoms with Crippen LogP contribution in [0.5, 0.6) is 11.5 Å². The van der Waals surface area contributed by atoms with E-state index in [-0.39, 0.29) is 16.3 Å². The van der Waals surface area contributed by atoms with E-state index in [1.165, 1.54) is 16.5 Å². The highest BCUT2D eigenvalue weighted by molar-refractivity contribution is 6.33. The van der Waals surface area contributed by atoms with Gasteiger partial charge in [-0.25, -0.2) is 19.9 Å². The van der Waals surface area contributed by atoms with E-state index >= 15 is 0 Å². The number of ether oxygens (including phenoxy) is 4. The van der Waals surface area contributed by atoms with Crippen molar-refractivity contribution in [3.8, 4) is 11.5 Å². The number of methoxy groups -OCH3 is 2. The second-order valence-corrected chi connectivity index (χ2v) is 16.7. The molecule has 0 spiro atoms. The maximum Gasteiger partial charge on any atom is 0.277 e. The standard InChI is InChI=1S/C23H24ClN7O3.C14H12Cl2N4O2.C9H13N3O/c1-30-23(32)20-17(26-16-5-3-4-15(24)21(16)33-2)12-19(28-22(20)29-30)27-18-7-6-14(13-25-18)31-8-10-34-11-9-31;1-20-14(21)11-9(6-10(16)18-13(11)19-20)17-8-5-3-4-7(15)12(8)22-2;10-9-2-1-8(7-11-9)12-3-5-13-6-4-12/h3-7,12-13H,8-11H2,1-2H3,(H3,25,26,27,28,29);3-6H,1-2H3,(H2,17,18,19);1-2,7H,3-6H2,(H2,10,11). The number of aromatic nitrogens is 8. The molecule has 360 valence electrons. The van der Waals surface area contributed by atoms with Crippen molar-refractivity contribution in [3.05, 3.63) is 121 Å². The molecule has 0 saturated carbocycles. The zero-order chi connectivity index (χ0) is 48.6. The SMILES string of the molecule is COc1c(Cl)cccc1Nc1cc(Cl)nc2[nH]n(C)c(=O)c12.COc1c(Cl)cccc1Nc1cc(Nc2ccc(N3CCOCC3)cn2)nc2[nH]n(C)c(=O)c12.Nc1ccc(N2CCOCC2)cn1. The highest BCUT2D eigenvalue weighted by Crippen LogP contribution is 2.38. The fourth-order valence-electron chi connectivity index (χ4n) is 7.60. The molecule has 20 nitrogen and oxygen atoms in total. The number of rotatable bonds is 10. The van der Waals surface area contributed by atoms with Crippen LogP contribution in [0.4, 0.5) is 51.6 Å². The van der Waals surface area contributed by atoms with Gasteiger partial charge in [-0.1, -0.05) is 46.9 Å². The molecular formula is C46H49Cl3N14O6. The van der Waals surface area contributed by atoms with Crippen molar-refractivity contribution in [2.24, 2.45) is 14.1 Å². The summed E-state index contributed by atoms with van der Waals surface area (Å²) in [4.78, 5) is 46.7. The molecule has 6 aromatic heterocycles. The van der Waals surface area contributed by atoms with Crippen molar-refractivity contribution < 1.29 is 18.9 Å². The Kier molecular flexibility index (Phi) is 15.2. The number of morpholine rings is 2. The molecule has 10 rings (SSSR count). The van der Waals surface area contributed by atoms with Crippen molar-refractivity contribution >= 4 is 108 Å². The van der Waals surface area contributed by atoms with Crippen LogP contribution >= 0.6 is 34.8 Å². The number of fused-ring (bicyclic) bond motifs is 2. The number of hydrogen-bond acceptors (Lipinski definition) is 16. The van der Waals surface area contributed by atoms with Crippen LogP contribution in [-0.4, -0.2) is 106 Å². The molecule has 0 atom stereocenters. The van der Waals surface area contributed by atoms with Crippen LogP contribution in [0, 0.1) is 0 Å². The molecule has 8 aromatic rings. The number of para-hydroxylation sites is 2. The molecule has 2 saturated heterocycles. The lowest BCUT2D eigenvalue weighted by molar-refractivity contribution is 0.122. The van der Waals surface area contributed by atoms with E-state index in [0.29, 0.717) is 97.0 Å². The maximum absolute atomic E-state index is 12.8. The van der Waals surface area contributed by atoms with Gasteiger partial charge in [-0.2, -0.15) is 0 Å². The Hall–Kier alpha value is -7.23. The number of aromatic amines is 2. The van der Waals surface area contributed by atoms with Gasteiger partial charge in [0.05, 0.1) is 97.2 Å². The van der Waals surface area contributed by atoms with Crippen LogP contribution in [0.25, 0.3) is 22.1 Å². The number of nitrogens with two attached hydrogens (primary N) is 1. The monoisotopic (exact) mass is 998 g/mol. The van der Waals surface area contributed by atoms with Gasteiger partial charge in [-0.3, -0.25) is 29.2 Å². The van der Waals surface area contributed by atoms with Crippen LogP contribution in [0.2, 0.25) is 15.2 Å². The molecule has 0 bridgehead atoms. The normalized spacial score (nSPS) is 13.6. The quantitative estimate of drug-likeness (QED) is 0.0730. The summed E-state index contributed by atoms with van der Waals surface area (Å²) < 4.78 is 24.1.